The van der Waals surface area contributed by atoms with E-state index in [4.69, 9.17) is 9.47 Å². The SMILES string of the molecule is CCOC(=O)CCCCCCNCC(C)NC(=O)Cc1ccc(OCc2ccc(-c3ccccc3)cc2)cc1. The van der Waals surface area contributed by atoms with Crippen molar-refractivity contribution in [1.29, 1.82) is 0 Å². The van der Waals surface area contributed by atoms with Gasteiger partial charge in [-0.1, -0.05) is 79.6 Å². The molecule has 39 heavy (non-hydrogen) atoms. The van der Waals surface area contributed by atoms with E-state index in [0.717, 1.165) is 55.6 Å². The van der Waals surface area contributed by atoms with Crippen molar-refractivity contribution < 1.29 is 19.1 Å². The van der Waals surface area contributed by atoms with Gasteiger partial charge in [-0.05, 0) is 67.6 Å². The Morgan fingerprint density at radius 3 is 2.18 bits per heavy atom. The highest BCUT2D eigenvalue weighted by atomic mass is 16.5. The van der Waals surface area contributed by atoms with Crippen LogP contribution in [0.2, 0.25) is 0 Å². The minimum atomic E-state index is -0.106. The number of rotatable bonds is 17. The first-order valence-corrected chi connectivity index (χ1v) is 14.0. The van der Waals surface area contributed by atoms with Gasteiger partial charge < -0.3 is 20.1 Å². The quantitative estimate of drug-likeness (QED) is 0.163. The van der Waals surface area contributed by atoms with Gasteiger partial charge in [-0.2, -0.15) is 0 Å². The fraction of sp³-hybridized carbons (Fsp3) is 0.394. The Hall–Kier alpha value is -3.64. The van der Waals surface area contributed by atoms with Crippen molar-refractivity contribution in [1.82, 2.24) is 10.6 Å². The number of hydrogen-bond donors (Lipinski definition) is 2. The molecule has 0 radical (unpaired) electrons. The molecule has 1 atom stereocenters. The van der Waals surface area contributed by atoms with Crippen molar-refractivity contribution in [3.05, 3.63) is 90.0 Å². The van der Waals surface area contributed by atoms with E-state index < -0.39 is 0 Å². The summed E-state index contributed by atoms with van der Waals surface area (Å²) < 4.78 is 10.9. The Bertz CT molecular complexity index is 1110. The summed E-state index contributed by atoms with van der Waals surface area (Å²) in [4.78, 5) is 23.8. The summed E-state index contributed by atoms with van der Waals surface area (Å²) >= 11 is 0. The Kier molecular flexibility index (Phi) is 13.1. The van der Waals surface area contributed by atoms with Gasteiger partial charge in [-0.25, -0.2) is 0 Å². The van der Waals surface area contributed by atoms with E-state index in [1.165, 1.54) is 11.1 Å². The van der Waals surface area contributed by atoms with E-state index in [1.54, 1.807) is 0 Å². The molecule has 3 aromatic carbocycles. The van der Waals surface area contributed by atoms with E-state index in [1.807, 2.05) is 56.3 Å². The van der Waals surface area contributed by atoms with E-state index >= 15 is 0 Å². The number of hydrogen-bond acceptors (Lipinski definition) is 5. The van der Waals surface area contributed by atoms with Crippen LogP contribution in [0, 0.1) is 0 Å². The number of carbonyl (C=O) groups is 2. The molecule has 3 aromatic rings. The largest absolute Gasteiger partial charge is 0.489 e. The molecule has 0 aliphatic carbocycles. The zero-order valence-electron chi connectivity index (χ0n) is 23.3. The van der Waals surface area contributed by atoms with Crippen LogP contribution in [-0.2, 0) is 27.4 Å². The van der Waals surface area contributed by atoms with Gasteiger partial charge in [0.15, 0.2) is 0 Å². The van der Waals surface area contributed by atoms with Crippen molar-refractivity contribution in [3.8, 4) is 16.9 Å². The summed E-state index contributed by atoms with van der Waals surface area (Å²) in [6.07, 6.45) is 4.88. The topological polar surface area (TPSA) is 76.7 Å². The van der Waals surface area contributed by atoms with Gasteiger partial charge in [-0.15, -0.1) is 0 Å². The Labute approximate surface area is 233 Å². The highest BCUT2D eigenvalue weighted by Crippen LogP contribution is 2.20. The average Bonchev–Trinajstić information content (AvgIpc) is 2.95. The second-order valence-corrected chi connectivity index (χ2v) is 9.81. The van der Waals surface area contributed by atoms with Crippen LogP contribution in [0.4, 0.5) is 0 Å². The molecular formula is C33H42N2O4. The van der Waals surface area contributed by atoms with Crippen LogP contribution in [-0.4, -0.2) is 37.6 Å². The van der Waals surface area contributed by atoms with Gasteiger partial charge >= 0.3 is 5.97 Å². The van der Waals surface area contributed by atoms with Crippen molar-refractivity contribution in [2.24, 2.45) is 0 Å². The summed E-state index contributed by atoms with van der Waals surface area (Å²) in [5.74, 6) is 0.686. The van der Waals surface area contributed by atoms with Crippen molar-refractivity contribution in [2.75, 3.05) is 19.7 Å². The third-order valence-electron chi connectivity index (χ3n) is 6.40. The van der Waals surface area contributed by atoms with Crippen LogP contribution in [0.1, 0.15) is 57.1 Å². The number of carbonyl (C=O) groups excluding carboxylic acids is 2. The molecule has 0 fully saturated rings. The molecule has 0 aliphatic heterocycles. The molecule has 0 heterocycles. The maximum Gasteiger partial charge on any atom is 0.305 e. The third kappa shape index (κ3) is 11.7. The predicted octanol–water partition coefficient (Wildman–Crippen LogP) is 6.08. The van der Waals surface area contributed by atoms with Crippen LogP contribution in [0.25, 0.3) is 11.1 Å². The van der Waals surface area contributed by atoms with Crippen LogP contribution < -0.4 is 15.4 Å². The van der Waals surface area contributed by atoms with Gasteiger partial charge in [0.2, 0.25) is 5.91 Å². The molecule has 3 rings (SSSR count). The molecule has 0 saturated heterocycles. The second-order valence-electron chi connectivity index (χ2n) is 9.81. The number of nitrogens with one attached hydrogen (secondary N) is 2. The van der Waals surface area contributed by atoms with Gasteiger partial charge in [0.25, 0.3) is 0 Å². The van der Waals surface area contributed by atoms with Crippen LogP contribution in [0.15, 0.2) is 78.9 Å². The Morgan fingerprint density at radius 2 is 1.46 bits per heavy atom. The molecule has 6 heteroatoms. The molecule has 0 saturated carbocycles. The molecule has 208 valence electrons. The normalized spacial score (nSPS) is 11.5. The highest BCUT2D eigenvalue weighted by Gasteiger charge is 2.09. The molecule has 1 amide bonds. The van der Waals surface area contributed by atoms with E-state index in [0.29, 0.717) is 26.1 Å². The maximum absolute atomic E-state index is 12.4. The lowest BCUT2D eigenvalue weighted by Crippen LogP contribution is -2.40. The van der Waals surface area contributed by atoms with Gasteiger partial charge in [0, 0.05) is 19.0 Å². The number of esters is 1. The third-order valence-corrected chi connectivity index (χ3v) is 6.40. The molecule has 1 unspecified atom stereocenters. The molecular weight excluding hydrogens is 488 g/mol. The molecule has 0 aromatic heterocycles. The first kappa shape index (κ1) is 29.9. The summed E-state index contributed by atoms with van der Waals surface area (Å²) in [7, 11) is 0. The van der Waals surface area contributed by atoms with Crippen LogP contribution >= 0.6 is 0 Å². The minimum absolute atomic E-state index is 0.00967. The van der Waals surface area contributed by atoms with Crippen LogP contribution in [0.3, 0.4) is 0 Å². The van der Waals surface area contributed by atoms with E-state index in [2.05, 4.69) is 47.0 Å². The van der Waals surface area contributed by atoms with Crippen molar-refractivity contribution in [3.63, 3.8) is 0 Å². The second kappa shape index (κ2) is 17.0. The first-order valence-electron chi connectivity index (χ1n) is 14.0. The Balaban J connectivity index is 1.27. The van der Waals surface area contributed by atoms with Gasteiger partial charge in [-0.3, -0.25) is 9.59 Å². The number of amides is 1. The molecule has 0 bridgehead atoms. The van der Waals surface area contributed by atoms with Crippen molar-refractivity contribution >= 4 is 11.9 Å². The fourth-order valence-electron chi connectivity index (χ4n) is 4.28. The maximum atomic E-state index is 12.4. The summed E-state index contributed by atoms with van der Waals surface area (Å²) in [6, 6.07) is 26.5. The average molecular weight is 531 g/mol. The van der Waals surface area contributed by atoms with Crippen molar-refractivity contribution in [2.45, 2.75) is 65.0 Å². The number of benzene rings is 3. The highest BCUT2D eigenvalue weighted by molar-refractivity contribution is 5.78. The monoisotopic (exact) mass is 530 g/mol. The fourth-order valence-corrected chi connectivity index (χ4v) is 4.28. The lowest BCUT2D eigenvalue weighted by Gasteiger charge is -2.15. The first-order chi connectivity index (χ1) is 19.0. The summed E-state index contributed by atoms with van der Waals surface area (Å²) in [6.45, 7) is 6.41. The smallest absolute Gasteiger partial charge is 0.305 e. The zero-order chi connectivity index (χ0) is 27.7. The zero-order valence-corrected chi connectivity index (χ0v) is 23.3. The van der Waals surface area contributed by atoms with E-state index in [-0.39, 0.29) is 17.9 Å². The molecule has 0 aliphatic rings. The molecule has 0 spiro atoms. The number of ether oxygens (including phenoxy) is 2. The van der Waals surface area contributed by atoms with Gasteiger partial charge in [0.05, 0.1) is 13.0 Å². The lowest BCUT2D eigenvalue weighted by molar-refractivity contribution is -0.143. The molecule has 2 N–H and O–H groups in total. The minimum Gasteiger partial charge on any atom is -0.489 e. The van der Waals surface area contributed by atoms with E-state index in [9.17, 15) is 9.59 Å². The predicted molar refractivity (Wildman–Crippen MR) is 157 cm³/mol. The summed E-state index contributed by atoms with van der Waals surface area (Å²) in [5, 5.41) is 6.46. The lowest BCUT2D eigenvalue weighted by atomic mass is 10.0. The van der Waals surface area contributed by atoms with Crippen LogP contribution in [0.5, 0.6) is 5.75 Å². The molecule has 6 nitrogen and oxygen atoms in total. The standard InChI is InChI=1S/C33H42N2O4/c1-3-38-33(37)13-9-4-5-10-22-34-24-26(2)35-32(36)23-27-16-20-31(21-17-27)39-25-28-14-18-30(19-15-28)29-11-7-6-8-12-29/h6-8,11-12,14-21,26,34H,3-5,9-10,13,22-25H2,1-2H3,(H,35,36). The van der Waals surface area contributed by atoms with Gasteiger partial charge in [0.1, 0.15) is 12.4 Å². The summed E-state index contributed by atoms with van der Waals surface area (Å²) in [5.41, 5.74) is 4.45. The Morgan fingerprint density at radius 1 is 0.795 bits per heavy atom. The number of unbranched alkanes of at least 4 members (excludes halogenated alkanes) is 3.